The Kier molecular flexibility index (Phi) is 3.44. The Morgan fingerprint density at radius 2 is 2.11 bits per heavy atom. The van der Waals surface area contributed by atoms with Crippen molar-refractivity contribution in [2.75, 3.05) is 4.72 Å². The molecule has 0 aliphatic heterocycles. The smallest absolute Gasteiger partial charge is 0.262 e. The first-order valence-corrected chi connectivity index (χ1v) is 6.64. The summed E-state index contributed by atoms with van der Waals surface area (Å²) in [6.07, 6.45) is 2.18. The van der Waals surface area contributed by atoms with Gasteiger partial charge in [0.15, 0.2) is 5.82 Å². The third-order valence-corrected chi connectivity index (χ3v) is 3.65. The highest BCUT2D eigenvalue weighted by molar-refractivity contribution is 7.92. The van der Waals surface area contributed by atoms with Crippen LogP contribution in [-0.4, -0.2) is 13.4 Å². The fraction of sp³-hybridized carbons (Fsp3) is 0. The number of hydrogen-bond donors (Lipinski definition) is 1. The lowest BCUT2D eigenvalue weighted by Gasteiger charge is -2.08. The summed E-state index contributed by atoms with van der Waals surface area (Å²) in [6, 6.07) is 8.50. The Labute approximate surface area is 109 Å². The van der Waals surface area contributed by atoms with Crippen molar-refractivity contribution in [3.63, 3.8) is 0 Å². The van der Waals surface area contributed by atoms with Gasteiger partial charge in [0, 0.05) is 6.20 Å². The van der Waals surface area contributed by atoms with E-state index < -0.39 is 15.8 Å². The summed E-state index contributed by atoms with van der Waals surface area (Å²) in [6.45, 7) is 0. The predicted molar refractivity (Wildman–Crippen MR) is 66.2 cm³/mol. The molecule has 0 aliphatic rings. The molecule has 0 atom stereocenters. The molecular formula is C12H8FN3O2S. The number of hydrogen-bond acceptors (Lipinski definition) is 4. The van der Waals surface area contributed by atoms with Crippen molar-refractivity contribution in [3.05, 3.63) is 54.1 Å². The van der Waals surface area contributed by atoms with Crippen LogP contribution in [0.15, 0.2) is 47.6 Å². The van der Waals surface area contributed by atoms with E-state index in [1.165, 1.54) is 36.5 Å². The van der Waals surface area contributed by atoms with E-state index in [0.717, 1.165) is 6.20 Å². The molecule has 0 amide bonds. The van der Waals surface area contributed by atoms with Crippen LogP contribution in [0, 0.1) is 17.1 Å². The Morgan fingerprint density at radius 1 is 1.32 bits per heavy atom. The molecule has 96 valence electrons. The van der Waals surface area contributed by atoms with Gasteiger partial charge >= 0.3 is 0 Å². The van der Waals surface area contributed by atoms with Crippen LogP contribution in [0.2, 0.25) is 0 Å². The summed E-state index contributed by atoms with van der Waals surface area (Å²) in [5.74, 6) is -0.775. The van der Waals surface area contributed by atoms with Crippen molar-refractivity contribution in [3.8, 4) is 6.07 Å². The number of nitrogens with one attached hydrogen (secondary N) is 1. The van der Waals surface area contributed by atoms with Crippen LogP contribution in [-0.2, 0) is 10.0 Å². The van der Waals surface area contributed by atoms with Crippen molar-refractivity contribution >= 4 is 15.7 Å². The molecule has 7 heteroatoms. The second-order valence-corrected chi connectivity index (χ2v) is 5.28. The Balaban J connectivity index is 2.39. The Bertz CT molecular complexity index is 754. The third-order valence-electron chi connectivity index (χ3n) is 2.29. The number of anilines is 1. The molecule has 5 nitrogen and oxygen atoms in total. The molecule has 1 heterocycles. The zero-order valence-electron chi connectivity index (χ0n) is 9.54. The maximum absolute atomic E-state index is 13.3. The van der Waals surface area contributed by atoms with E-state index in [-0.39, 0.29) is 16.1 Å². The average Bonchev–Trinajstić information content (AvgIpc) is 2.41. The SMILES string of the molecule is N#Cc1cccc(S(=O)(=O)Nc2ccncc2F)c1. The first-order valence-electron chi connectivity index (χ1n) is 5.15. The second-order valence-electron chi connectivity index (χ2n) is 3.60. The van der Waals surface area contributed by atoms with Crippen LogP contribution in [0.3, 0.4) is 0 Å². The van der Waals surface area contributed by atoms with E-state index in [9.17, 15) is 12.8 Å². The summed E-state index contributed by atoms with van der Waals surface area (Å²) in [5, 5.41) is 8.73. The fourth-order valence-electron chi connectivity index (χ4n) is 1.39. The molecule has 0 aliphatic carbocycles. The maximum Gasteiger partial charge on any atom is 0.262 e. The van der Waals surface area contributed by atoms with E-state index in [1.54, 1.807) is 0 Å². The van der Waals surface area contributed by atoms with Gasteiger partial charge in [0.2, 0.25) is 0 Å². The minimum absolute atomic E-state index is 0.109. The quantitative estimate of drug-likeness (QED) is 0.928. The Hall–Kier alpha value is -2.46. The first-order chi connectivity index (χ1) is 9.03. The summed E-state index contributed by atoms with van der Waals surface area (Å²) in [4.78, 5) is 3.41. The van der Waals surface area contributed by atoms with Gasteiger partial charge in [0.25, 0.3) is 10.0 Å². The normalized spacial score (nSPS) is 10.7. The number of benzene rings is 1. The number of pyridine rings is 1. The lowest BCUT2D eigenvalue weighted by atomic mass is 10.2. The van der Waals surface area contributed by atoms with Gasteiger partial charge < -0.3 is 0 Å². The highest BCUT2D eigenvalue weighted by Gasteiger charge is 2.16. The van der Waals surface area contributed by atoms with Gasteiger partial charge in [-0.3, -0.25) is 9.71 Å². The summed E-state index contributed by atoms with van der Waals surface area (Å²) in [5.41, 5.74) is 0.00966. The second kappa shape index (κ2) is 5.04. The monoisotopic (exact) mass is 277 g/mol. The standard InChI is InChI=1S/C12H8FN3O2S/c13-11-8-15-5-4-12(11)16-19(17,18)10-3-1-2-9(6-10)7-14/h1-6,8H,(H,15,16). The van der Waals surface area contributed by atoms with E-state index >= 15 is 0 Å². The van der Waals surface area contributed by atoms with Crippen molar-refractivity contribution in [1.29, 1.82) is 5.26 Å². The van der Waals surface area contributed by atoms with Crippen LogP contribution < -0.4 is 4.72 Å². The molecule has 0 fully saturated rings. The number of sulfonamides is 1. The van der Waals surface area contributed by atoms with Crippen LogP contribution in [0.25, 0.3) is 0 Å². The minimum Gasteiger partial charge on any atom is -0.277 e. The van der Waals surface area contributed by atoms with Crippen LogP contribution >= 0.6 is 0 Å². The molecule has 0 radical (unpaired) electrons. The van der Waals surface area contributed by atoms with Crippen molar-refractivity contribution < 1.29 is 12.8 Å². The Morgan fingerprint density at radius 3 is 2.79 bits per heavy atom. The predicted octanol–water partition coefficient (Wildman–Crippen LogP) is 1.89. The number of halogens is 1. The lowest BCUT2D eigenvalue weighted by Crippen LogP contribution is -2.14. The van der Waals surface area contributed by atoms with Gasteiger partial charge in [-0.25, -0.2) is 12.8 Å². The number of nitriles is 1. The lowest BCUT2D eigenvalue weighted by molar-refractivity contribution is 0.598. The largest absolute Gasteiger partial charge is 0.277 e. The van der Waals surface area contributed by atoms with E-state index in [4.69, 9.17) is 5.26 Å². The highest BCUT2D eigenvalue weighted by Crippen LogP contribution is 2.18. The molecule has 1 aromatic carbocycles. The van der Waals surface area contributed by atoms with Gasteiger partial charge in [0.1, 0.15) is 0 Å². The number of rotatable bonds is 3. The fourth-order valence-corrected chi connectivity index (χ4v) is 2.51. The first kappa shape index (κ1) is 13.0. The average molecular weight is 277 g/mol. The summed E-state index contributed by atoms with van der Waals surface area (Å²) >= 11 is 0. The van der Waals surface area contributed by atoms with Gasteiger partial charge in [-0.15, -0.1) is 0 Å². The molecule has 0 saturated heterocycles. The molecule has 1 aromatic heterocycles. The molecule has 0 bridgehead atoms. The topological polar surface area (TPSA) is 82.8 Å². The minimum atomic E-state index is -3.94. The molecule has 0 spiro atoms. The van der Waals surface area contributed by atoms with Gasteiger partial charge in [-0.2, -0.15) is 5.26 Å². The molecule has 19 heavy (non-hydrogen) atoms. The van der Waals surface area contributed by atoms with Gasteiger partial charge in [-0.1, -0.05) is 6.07 Å². The van der Waals surface area contributed by atoms with Crippen LogP contribution in [0.4, 0.5) is 10.1 Å². The van der Waals surface area contributed by atoms with Gasteiger partial charge in [-0.05, 0) is 24.3 Å². The van der Waals surface area contributed by atoms with E-state index in [1.807, 2.05) is 6.07 Å². The zero-order valence-corrected chi connectivity index (χ0v) is 10.4. The van der Waals surface area contributed by atoms with Crippen LogP contribution in [0.5, 0.6) is 0 Å². The number of nitrogens with zero attached hydrogens (tertiary/aromatic N) is 2. The molecule has 2 aromatic rings. The third kappa shape index (κ3) is 2.86. The molecular weight excluding hydrogens is 269 g/mol. The summed E-state index contributed by atoms with van der Waals surface area (Å²) in [7, 11) is -3.94. The van der Waals surface area contributed by atoms with E-state index in [2.05, 4.69) is 9.71 Å². The van der Waals surface area contributed by atoms with E-state index in [0.29, 0.717) is 0 Å². The maximum atomic E-state index is 13.3. The molecule has 0 unspecified atom stereocenters. The van der Waals surface area contributed by atoms with Crippen molar-refractivity contribution in [2.24, 2.45) is 0 Å². The summed E-state index contributed by atoms with van der Waals surface area (Å²) < 4.78 is 39.5. The zero-order chi connectivity index (χ0) is 13.9. The molecule has 1 N–H and O–H groups in total. The van der Waals surface area contributed by atoms with Crippen LogP contribution in [0.1, 0.15) is 5.56 Å². The van der Waals surface area contributed by atoms with Crippen molar-refractivity contribution in [2.45, 2.75) is 4.90 Å². The molecule has 0 saturated carbocycles. The highest BCUT2D eigenvalue weighted by atomic mass is 32.2. The molecule has 2 rings (SSSR count). The van der Waals surface area contributed by atoms with Gasteiger partial charge in [0.05, 0.1) is 28.4 Å². The van der Waals surface area contributed by atoms with Crippen molar-refractivity contribution in [1.82, 2.24) is 4.98 Å². The number of aromatic nitrogens is 1.